The van der Waals surface area contributed by atoms with E-state index in [1.807, 2.05) is 13.1 Å². The summed E-state index contributed by atoms with van der Waals surface area (Å²) in [6.45, 7) is 6.95. The lowest BCUT2D eigenvalue weighted by Gasteiger charge is -2.20. The molecule has 1 aromatic heterocycles. The first kappa shape index (κ1) is 13.1. The maximum Gasteiger partial charge on any atom is 0.131 e. The zero-order valence-corrected chi connectivity index (χ0v) is 11.3. The molecule has 18 heavy (non-hydrogen) atoms. The van der Waals surface area contributed by atoms with Gasteiger partial charge in [0.05, 0.1) is 0 Å². The number of nitrogens with zero attached hydrogens (tertiary/aromatic N) is 3. The second-order valence-electron chi connectivity index (χ2n) is 5.03. The fraction of sp³-hybridized carbons (Fsp3) is 0.692. The molecule has 5 nitrogen and oxygen atoms in total. The Labute approximate surface area is 109 Å². The van der Waals surface area contributed by atoms with Crippen molar-refractivity contribution in [3.63, 3.8) is 0 Å². The van der Waals surface area contributed by atoms with E-state index in [1.54, 1.807) is 6.33 Å². The minimum Gasteiger partial charge on any atom is -0.373 e. The minimum absolute atomic E-state index is 0.635. The lowest BCUT2D eigenvalue weighted by Crippen LogP contribution is -2.29. The van der Waals surface area contributed by atoms with E-state index in [0.717, 1.165) is 18.2 Å². The quantitative estimate of drug-likeness (QED) is 0.803. The maximum atomic E-state index is 4.22. The van der Waals surface area contributed by atoms with Gasteiger partial charge in [0.2, 0.25) is 0 Å². The van der Waals surface area contributed by atoms with Crippen molar-refractivity contribution in [1.82, 2.24) is 14.9 Å². The molecule has 1 aliphatic heterocycles. The van der Waals surface area contributed by atoms with Gasteiger partial charge < -0.3 is 15.5 Å². The van der Waals surface area contributed by atoms with Gasteiger partial charge in [0, 0.05) is 26.2 Å². The van der Waals surface area contributed by atoms with Crippen LogP contribution in [-0.2, 0) is 0 Å². The molecule has 1 fully saturated rings. The summed E-state index contributed by atoms with van der Waals surface area (Å²) in [6.07, 6.45) is 4.30. The Morgan fingerprint density at radius 1 is 1.28 bits per heavy atom. The predicted octanol–water partition coefficient (Wildman–Crippen LogP) is 1.66. The number of aromatic nitrogens is 2. The van der Waals surface area contributed by atoms with Gasteiger partial charge in [-0.2, -0.15) is 0 Å². The normalized spacial score (nSPS) is 17.7. The Balaban J connectivity index is 1.75. The lowest BCUT2D eigenvalue weighted by atomic mass is 10.1. The molecule has 1 unspecified atom stereocenters. The fourth-order valence-electron chi connectivity index (χ4n) is 2.34. The highest BCUT2D eigenvalue weighted by molar-refractivity contribution is 5.45. The molecule has 0 aliphatic carbocycles. The summed E-state index contributed by atoms with van der Waals surface area (Å²) < 4.78 is 0. The van der Waals surface area contributed by atoms with Crippen molar-refractivity contribution >= 4 is 11.6 Å². The average Bonchev–Trinajstić information content (AvgIpc) is 2.89. The van der Waals surface area contributed by atoms with Crippen LogP contribution in [0.4, 0.5) is 11.6 Å². The lowest BCUT2D eigenvalue weighted by molar-refractivity contribution is 0.294. The summed E-state index contributed by atoms with van der Waals surface area (Å²) in [5, 5.41) is 6.39. The summed E-state index contributed by atoms with van der Waals surface area (Å²) >= 11 is 0. The van der Waals surface area contributed by atoms with Crippen LogP contribution in [0.15, 0.2) is 12.4 Å². The highest BCUT2D eigenvalue weighted by Gasteiger charge is 2.14. The van der Waals surface area contributed by atoms with Crippen LogP contribution in [0.1, 0.15) is 19.8 Å². The van der Waals surface area contributed by atoms with Crippen molar-refractivity contribution in [3.8, 4) is 0 Å². The van der Waals surface area contributed by atoms with E-state index in [-0.39, 0.29) is 0 Å². The van der Waals surface area contributed by atoms with Gasteiger partial charge in [-0.1, -0.05) is 6.92 Å². The maximum absolute atomic E-state index is 4.22. The first-order valence-corrected chi connectivity index (χ1v) is 6.74. The van der Waals surface area contributed by atoms with Crippen molar-refractivity contribution in [1.29, 1.82) is 0 Å². The standard InChI is InChI=1S/C13H23N5/c1-11(9-18-5-3-4-6-18)8-15-13-7-12(14-2)16-10-17-13/h7,10-11H,3-6,8-9H2,1-2H3,(H2,14,15,16,17). The van der Waals surface area contributed by atoms with Crippen LogP contribution in [0.3, 0.4) is 0 Å². The molecule has 5 heteroatoms. The Bertz CT molecular complexity index is 362. The number of nitrogens with one attached hydrogen (secondary N) is 2. The van der Waals surface area contributed by atoms with E-state index in [1.165, 1.54) is 32.5 Å². The zero-order valence-electron chi connectivity index (χ0n) is 11.3. The van der Waals surface area contributed by atoms with Crippen LogP contribution >= 0.6 is 0 Å². The number of likely N-dealkylation sites (tertiary alicyclic amines) is 1. The van der Waals surface area contributed by atoms with E-state index in [9.17, 15) is 0 Å². The summed E-state index contributed by atoms with van der Waals surface area (Å²) in [6, 6.07) is 1.93. The number of rotatable bonds is 6. The Kier molecular flexibility index (Phi) is 4.75. The molecular formula is C13H23N5. The number of hydrogen-bond donors (Lipinski definition) is 2. The van der Waals surface area contributed by atoms with Crippen LogP contribution in [0, 0.1) is 5.92 Å². The van der Waals surface area contributed by atoms with Crippen LogP contribution in [-0.4, -0.2) is 48.1 Å². The summed E-state index contributed by atoms with van der Waals surface area (Å²) in [5.41, 5.74) is 0. The fourth-order valence-corrected chi connectivity index (χ4v) is 2.34. The van der Waals surface area contributed by atoms with Gasteiger partial charge in [-0.15, -0.1) is 0 Å². The summed E-state index contributed by atoms with van der Waals surface area (Å²) in [4.78, 5) is 10.9. The zero-order chi connectivity index (χ0) is 12.8. The van der Waals surface area contributed by atoms with E-state index in [2.05, 4.69) is 32.4 Å². The predicted molar refractivity (Wildman–Crippen MR) is 74.9 cm³/mol. The van der Waals surface area contributed by atoms with Crippen LogP contribution < -0.4 is 10.6 Å². The van der Waals surface area contributed by atoms with Crippen molar-refractivity contribution < 1.29 is 0 Å². The van der Waals surface area contributed by atoms with Crippen molar-refractivity contribution in [2.24, 2.45) is 5.92 Å². The molecule has 2 rings (SSSR count). The van der Waals surface area contributed by atoms with Gasteiger partial charge in [0.15, 0.2) is 0 Å². The van der Waals surface area contributed by atoms with Gasteiger partial charge >= 0.3 is 0 Å². The van der Waals surface area contributed by atoms with Gasteiger partial charge in [-0.25, -0.2) is 9.97 Å². The van der Waals surface area contributed by atoms with E-state index < -0.39 is 0 Å². The summed E-state index contributed by atoms with van der Waals surface area (Å²) in [5.74, 6) is 2.37. The summed E-state index contributed by atoms with van der Waals surface area (Å²) in [7, 11) is 1.86. The third-order valence-corrected chi connectivity index (χ3v) is 3.32. The van der Waals surface area contributed by atoms with Crippen LogP contribution in [0.25, 0.3) is 0 Å². The largest absolute Gasteiger partial charge is 0.373 e. The van der Waals surface area contributed by atoms with Crippen LogP contribution in [0.2, 0.25) is 0 Å². The molecule has 1 atom stereocenters. The van der Waals surface area contributed by atoms with Crippen molar-refractivity contribution in [2.45, 2.75) is 19.8 Å². The molecule has 0 spiro atoms. The smallest absolute Gasteiger partial charge is 0.131 e. The monoisotopic (exact) mass is 249 g/mol. The molecule has 2 N–H and O–H groups in total. The first-order valence-electron chi connectivity index (χ1n) is 6.74. The second-order valence-corrected chi connectivity index (χ2v) is 5.03. The third kappa shape index (κ3) is 3.84. The molecule has 1 aliphatic rings. The SMILES string of the molecule is CNc1cc(NCC(C)CN2CCCC2)ncn1. The molecule has 0 bridgehead atoms. The number of anilines is 2. The highest BCUT2D eigenvalue weighted by Crippen LogP contribution is 2.12. The van der Waals surface area contributed by atoms with E-state index in [4.69, 9.17) is 0 Å². The minimum atomic E-state index is 0.635. The van der Waals surface area contributed by atoms with Gasteiger partial charge in [0.1, 0.15) is 18.0 Å². The molecule has 0 aromatic carbocycles. The Morgan fingerprint density at radius 2 is 2.00 bits per heavy atom. The van der Waals surface area contributed by atoms with Crippen molar-refractivity contribution in [3.05, 3.63) is 12.4 Å². The number of hydrogen-bond acceptors (Lipinski definition) is 5. The molecule has 0 radical (unpaired) electrons. The molecule has 0 amide bonds. The molecule has 100 valence electrons. The van der Waals surface area contributed by atoms with Gasteiger partial charge in [-0.05, 0) is 31.8 Å². The molecule has 2 heterocycles. The van der Waals surface area contributed by atoms with E-state index in [0.29, 0.717) is 5.92 Å². The molecule has 0 saturated carbocycles. The molecular weight excluding hydrogens is 226 g/mol. The third-order valence-electron chi connectivity index (χ3n) is 3.32. The van der Waals surface area contributed by atoms with Crippen LogP contribution in [0.5, 0.6) is 0 Å². The van der Waals surface area contributed by atoms with Crippen molar-refractivity contribution in [2.75, 3.05) is 43.9 Å². The Morgan fingerprint density at radius 3 is 2.72 bits per heavy atom. The first-order chi connectivity index (χ1) is 8.78. The topological polar surface area (TPSA) is 53.1 Å². The molecule has 1 saturated heterocycles. The Hall–Kier alpha value is -1.36. The molecule has 1 aromatic rings. The average molecular weight is 249 g/mol. The second kappa shape index (κ2) is 6.54. The van der Waals surface area contributed by atoms with Gasteiger partial charge in [0.25, 0.3) is 0 Å². The van der Waals surface area contributed by atoms with E-state index >= 15 is 0 Å². The highest BCUT2D eigenvalue weighted by atomic mass is 15.1. The van der Waals surface area contributed by atoms with Gasteiger partial charge in [-0.3, -0.25) is 0 Å².